The highest BCUT2D eigenvalue weighted by molar-refractivity contribution is 9.10. The molecule has 0 aliphatic heterocycles. The van der Waals surface area contributed by atoms with Crippen LogP contribution in [0.15, 0.2) is 74.9 Å². The Bertz CT molecular complexity index is 1080. The van der Waals surface area contributed by atoms with Gasteiger partial charge in [-0.15, -0.1) is 0 Å². The fraction of sp³-hybridized carbons (Fsp3) is 0. The summed E-state index contributed by atoms with van der Waals surface area (Å²) in [6.07, 6.45) is 2.42. The average Bonchev–Trinajstić information content (AvgIpc) is 3.24. The summed E-state index contributed by atoms with van der Waals surface area (Å²) in [6.45, 7) is 0. The number of ether oxygens (including phenoxy) is 1. The number of furan rings is 1. The van der Waals surface area contributed by atoms with E-state index in [1.807, 2.05) is 0 Å². The molecule has 3 aromatic rings. The molecule has 1 amide bonds. The van der Waals surface area contributed by atoms with Gasteiger partial charge < -0.3 is 9.15 Å². The number of nitrogens with zero attached hydrogens (tertiary/aromatic N) is 2. The van der Waals surface area contributed by atoms with Crippen LogP contribution in [0.5, 0.6) is 5.75 Å². The molecule has 1 N–H and O–H groups in total. The lowest BCUT2D eigenvalue weighted by atomic mass is 10.2. The maximum absolute atomic E-state index is 12.1. The van der Waals surface area contributed by atoms with E-state index in [9.17, 15) is 19.7 Å². The maximum Gasteiger partial charge on any atom is 0.379 e. The zero-order valence-corrected chi connectivity index (χ0v) is 16.2. The van der Waals surface area contributed by atoms with Gasteiger partial charge in [0.15, 0.2) is 0 Å². The van der Waals surface area contributed by atoms with Gasteiger partial charge in [0.2, 0.25) is 11.5 Å². The number of nitro benzene ring substituents is 1. The van der Waals surface area contributed by atoms with Crippen LogP contribution in [0.1, 0.15) is 26.5 Å². The average molecular weight is 458 g/mol. The summed E-state index contributed by atoms with van der Waals surface area (Å²) in [5.74, 6) is -1.82. The van der Waals surface area contributed by atoms with Crippen molar-refractivity contribution in [2.45, 2.75) is 0 Å². The van der Waals surface area contributed by atoms with Crippen molar-refractivity contribution in [3.05, 3.63) is 92.3 Å². The summed E-state index contributed by atoms with van der Waals surface area (Å²) in [7, 11) is 0. The lowest BCUT2D eigenvalue weighted by Crippen LogP contribution is -2.17. The van der Waals surface area contributed by atoms with E-state index in [2.05, 4.69) is 26.5 Å². The number of para-hydroxylation sites is 1. The molecule has 0 unspecified atom stereocenters. The molecule has 0 atom stereocenters. The normalized spacial score (nSPS) is 10.7. The van der Waals surface area contributed by atoms with Crippen molar-refractivity contribution in [1.82, 2.24) is 5.43 Å². The highest BCUT2D eigenvalue weighted by Gasteiger charge is 2.23. The number of amides is 1. The maximum atomic E-state index is 12.1. The van der Waals surface area contributed by atoms with Gasteiger partial charge in [0.05, 0.1) is 17.4 Å². The van der Waals surface area contributed by atoms with E-state index in [0.717, 1.165) is 10.7 Å². The van der Waals surface area contributed by atoms with Crippen molar-refractivity contribution < 1.29 is 23.7 Å². The number of nitrogens with one attached hydrogen (secondary N) is 1. The SMILES string of the molecule is O=C(N/N=C/c1cccc([N+](=O)[O-])c1OC(=O)c1ccco1)c1ccc(Br)cc1. The number of rotatable bonds is 6. The van der Waals surface area contributed by atoms with Crippen molar-refractivity contribution in [2.24, 2.45) is 5.10 Å². The summed E-state index contributed by atoms with van der Waals surface area (Å²) in [4.78, 5) is 34.9. The third kappa shape index (κ3) is 4.93. The van der Waals surface area contributed by atoms with Gasteiger partial charge in [-0.05, 0) is 42.5 Å². The van der Waals surface area contributed by atoms with Gasteiger partial charge in [-0.25, -0.2) is 10.2 Å². The summed E-state index contributed by atoms with van der Waals surface area (Å²) in [6, 6.07) is 13.5. The van der Waals surface area contributed by atoms with Crippen LogP contribution in [0.2, 0.25) is 0 Å². The minimum atomic E-state index is -0.905. The second kappa shape index (κ2) is 8.93. The number of halogens is 1. The van der Waals surface area contributed by atoms with Crippen LogP contribution in [0, 0.1) is 10.1 Å². The fourth-order valence-corrected chi connectivity index (χ4v) is 2.53. The molecule has 0 radical (unpaired) electrons. The Kier molecular flexibility index (Phi) is 6.15. The minimum absolute atomic E-state index is 0.116. The largest absolute Gasteiger partial charge is 0.457 e. The van der Waals surface area contributed by atoms with Crippen molar-refractivity contribution in [1.29, 1.82) is 0 Å². The van der Waals surface area contributed by atoms with E-state index < -0.39 is 22.5 Å². The van der Waals surface area contributed by atoms with Gasteiger partial charge in [0.1, 0.15) is 0 Å². The lowest BCUT2D eigenvalue weighted by Gasteiger charge is -2.07. The van der Waals surface area contributed by atoms with E-state index in [-0.39, 0.29) is 17.1 Å². The highest BCUT2D eigenvalue weighted by atomic mass is 79.9. The Balaban J connectivity index is 1.82. The third-order valence-corrected chi connectivity index (χ3v) is 4.14. The molecule has 10 heteroatoms. The number of hydrogen-bond acceptors (Lipinski definition) is 7. The van der Waals surface area contributed by atoms with Crippen molar-refractivity contribution >= 4 is 39.7 Å². The minimum Gasteiger partial charge on any atom is -0.457 e. The van der Waals surface area contributed by atoms with Gasteiger partial charge in [-0.1, -0.05) is 22.0 Å². The first-order chi connectivity index (χ1) is 14.0. The Morgan fingerprint density at radius 2 is 1.90 bits per heavy atom. The van der Waals surface area contributed by atoms with Crippen LogP contribution in [0.4, 0.5) is 5.69 Å². The molecule has 0 saturated heterocycles. The predicted molar refractivity (Wildman–Crippen MR) is 106 cm³/mol. The van der Waals surface area contributed by atoms with Crippen LogP contribution in [0.25, 0.3) is 0 Å². The zero-order valence-electron chi connectivity index (χ0n) is 14.6. The lowest BCUT2D eigenvalue weighted by molar-refractivity contribution is -0.385. The molecule has 2 aromatic carbocycles. The molecule has 0 fully saturated rings. The van der Waals surface area contributed by atoms with Gasteiger partial charge in [0.25, 0.3) is 5.91 Å². The molecule has 0 bridgehead atoms. The van der Waals surface area contributed by atoms with Gasteiger partial charge in [-0.2, -0.15) is 5.10 Å². The van der Waals surface area contributed by atoms with E-state index in [4.69, 9.17) is 9.15 Å². The second-order valence-corrected chi connectivity index (χ2v) is 6.44. The number of hydrogen-bond donors (Lipinski definition) is 1. The van der Waals surface area contributed by atoms with Gasteiger partial charge in [0, 0.05) is 21.7 Å². The Morgan fingerprint density at radius 3 is 2.55 bits per heavy atom. The van der Waals surface area contributed by atoms with E-state index in [0.29, 0.717) is 5.56 Å². The van der Waals surface area contributed by atoms with Crippen LogP contribution < -0.4 is 10.2 Å². The summed E-state index contributed by atoms with van der Waals surface area (Å²) in [5.41, 5.74) is 2.36. The molecule has 0 spiro atoms. The molecule has 0 saturated carbocycles. The molecule has 9 nitrogen and oxygen atoms in total. The van der Waals surface area contributed by atoms with Gasteiger partial charge in [-0.3, -0.25) is 14.9 Å². The zero-order chi connectivity index (χ0) is 20.8. The monoisotopic (exact) mass is 457 g/mol. The fourth-order valence-electron chi connectivity index (χ4n) is 2.26. The standard InChI is InChI=1S/C19H12BrN3O6/c20-14-8-6-12(7-9-14)18(24)22-21-11-13-3-1-4-15(23(26)27)17(13)29-19(25)16-5-2-10-28-16/h1-11H,(H,22,24)/b21-11+. The van der Waals surface area contributed by atoms with Crippen LogP contribution in [0.3, 0.4) is 0 Å². The second-order valence-electron chi connectivity index (χ2n) is 5.53. The molecule has 1 heterocycles. The smallest absolute Gasteiger partial charge is 0.379 e. The molecular weight excluding hydrogens is 446 g/mol. The number of nitro groups is 1. The van der Waals surface area contributed by atoms with Crippen molar-refractivity contribution in [3.8, 4) is 5.75 Å². The Hall–Kier alpha value is -3.79. The topological polar surface area (TPSA) is 124 Å². The molecule has 0 aliphatic carbocycles. The molecule has 1 aromatic heterocycles. The first kappa shape index (κ1) is 20.0. The molecular formula is C19H12BrN3O6. The first-order valence-corrected chi connectivity index (χ1v) is 8.87. The first-order valence-electron chi connectivity index (χ1n) is 8.08. The van der Waals surface area contributed by atoms with Crippen LogP contribution >= 0.6 is 15.9 Å². The summed E-state index contributed by atoms with van der Waals surface area (Å²) in [5, 5.41) is 15.1. The van der Waals surface area contributed by atoms with Crippen molar-refractivity contribution in [2.75, 3.05) is 0 Å². The van der Waals surface area contributed by atoms with E-state index >= 15 is 0 Å². The van der Waals surface area contributed by atoms with Crippen LogP contribution in [-0.2, 0) is 0 Å². The number of benzene rings is 2. The van der Waals surface area contributed by atoms with Gasteiger partial charge >= 0.3 is 11.7 Å². The third-order valence-electron chi connectivity index (χ3n) is 3.61. The highest BCUT2D eigenvalue weighted by Crippen LogP contribution is 2.30. The van der Waals surface area contributed by atoms with Crippen molar-refractivity contribution in [3.63, 3.8) is 0 Å². The molecule has 0 aliphatic rings. The van der Waals surface area contributed by atoms with Crippen LogP contribution in [-0.4, -0.2) is 23.0 Å². The van der Waals surface area contributed by atoms with E-state index in [1.165, 1.54) is 36.6 Å². The molecule has 3 rings (SSSR count). The van der Waals surface area contributed by atoms with E-state index in [1.54, 1.807) is 24.3 Å². The number of hydrazone groups is 1. The predicted octanol–water partition coefficient (Wildman–Crippen LogP) is 3.93. The summed E-state index contributed by atoms with van der Waals surface area (Å²) < 4.78 is 10.9. The quantitative estimate of drug-likeness (QED) is 0.196. The number of carbonyl (C=O) groups is 2. The summed E-state index contributed by atoms with van der Waals surface area (Å²) >= 11 is 3.27. The Morgan fingerprint density at radius 1 is 1.14 bits per heavy atom. The Labute approximate surface area is 172 Å². The molecule has 29 heavy (non-hydrogen) atoms. The number of esters is 1. The number of carbonyl (C=O) groups excluding carboxylic acids is 2. The molecule has 146 valence electrons.